The molecule has 2 aromatic rings. The first kappa shape index (κ1) is 21.2. The lowest BCUT2D eigenvalue weighted by Gasteiger charge is -2.34. The van der Waals surface area contributed by atoms with Crippen LogP contribution >= 0.6 is 11.6 Å². The van der Waals surface area contributed by atoms with Gasteiger partial charge in [-0.15, -0.1) is 0 Å². The van der Waals surface area contributed by atoms with Crippen molar-refractivity contribution in [2.45, 2.75) is 18.2 Å². The van der Waals surface area contributed by atoms with E-state index in [9.17, 15) is 23.3 Å². The number of nitro benzene ring substituents is 1. The van der Waals surface area contributed by atoms with Crippen LogP contribution in [-0.4, -0.2) is 54.6 Å². The van der Waals surface area contributed by atoms with Crippen molar-refractivity contribution in [3.05, 3.63) is 68.7 Å². The smallest absolute Gasteiger partial charge is 0.273 e. The summed E-state index contributed by atoms with van der Waals surface area (Å²) >= 11 is 6.10. The average Bonchev–Trinajstić information content (AvgIpc) is 2.69. The van der Waals surface area contributed by atoms with E-state index in [2.05, 4.69) is 0 Å². The molecular formula is C19H20ClN3O5S. The molecule has 3 rings (SSSR count). The van der Waals surface area contributed by atoms with Gasteiger partial charge in [0.1, 0.15) is 0 Å². The van der Waals surface area contributed by atoms with Gasteiger partial charge in [0.2, 0.25) is 15.9 Å². The SMILES string of the molecule is Cc1ccc(S(=O)(=O)N2CCN(C(=O)Cc3ccccc3Cl)CC2)cc1[N+](=O)[O-]. The van der Waals surface area contributed by atoms with E-state index in [1.165, 1.54) is 16.4 Å². The van der Waals surface area contributed by atoms with Crippen LogP contribution in [0.5, 0.6) is 0 Å². The quantitative estimate of drug-likeness (QED) is 0.528. The third-order valence-corrected chi connectivity index (χ3v) is 7.17. The van der Waals surface area contributed by atoms with Gasteiger partial charge in [0.05, 0.1) is 16.2 Å². The monoisotopic (exact) mass is 437 g/mol. The molecule has 1 saturated heterocycles. The first-order valence-electron chi connectivity index (χ1n) is 8.96. The lowest BCUT2D eigenvalue weighted by molar-refractivity contribution is -0.385. The Bertz CT molecular complexity index is 1050. The largest absolute Gasteiger partial charge is 0.340 e. The van der Waals surface area contributed by atoms with Gasteiger partial charge in [-0.25, -0.2) is 8.42 Å². The lowest BCUT2D eigenvalue weighted by Crippen LogP contribution is -2.50. The van der Waals surface area contributed by atoms with E-state index in [0.29, 0.717) is 10.6 Å². The molecule has 8 nitrogen and oxygen atoms in total. The van der Waals surface area contributed by atoms with Crippen molar-refractivity contribution in [2.24, 2.45) is 0 Å². The van der Waals surface area contributed by atoms with Crippen molar-refractivity contribution in [3.63, 3.8) is 0 Å². The van der Waals surface area contributed by atoms with Gasteiger partial charge in [-0.05, 0) is 24.6 Å². The highest BCUT2D eigenvalue weighted by atomic mass is 35.5. The summed E-state index contributed by atoms with van der Waals surface area (Å²) in [6.45, 7) is 2.29. The number of nitrogens with zero attached hydrogens (tertiary/aromatic N) is 3. The second-order valence-electron chi connectivity index (χ2n) is 6.76. The summed E-state index contributed by atoms with van der Waals surface area (Å²) in [7, 11) is -3.88. The van der Waals surface area contributed by atoms with E-state index in [4.69, 9.17) is 11.6 Å². The van der Waals surface area contributed by atoms with Crippen LogP contribution in [0.4, 0.5) is 5.69 Å². The summed E-state index contributed by atoms with van der Waals surface area (Å²) in [5.74, 6) is -0.124. The fourth-order valence-corrected chi connectivity index (χ4v) is 4.84. The minimum absolute atomic E-state index is 0.120. The summed E-state index contributed by atoms with van der Waals surface area (Å²) < 4.78 is 27.0. The zero-order valence-electron chi connectivity index (χ0n) is 15.7. The summed E-state index contributed by atoms with van der Waals surface area (Å²) in [5, 5.41) is 11.6. The molecule has 1 heterocycles. The predicted molar refractivity (Wildman–Crippen MR) is 108 cm³/mol. The van der Waals surface area contributed by atoms with Gasteiger partial charge < -0.3 is 4.90 Å². The minimum Gasteiger partial charge on any atom is -0.340 e. The number of rotatable bonds is 5. The van der Waals surface area contributed by atoms with E-state index < -0.39 is 14.9 Å². The molecule has 0 spiro atoms. The molecule has 10 heteroatoms. The highest BCUT2D eigenvalue weighted by Crippen LogP contribution is 2.25. The van der Waals surface area contributed by atoms with Crippen LogP contribution in [0, 0.1) is 17.0 Å². The Balaban J connectivity index is 1.68. The molecule has 0 unspecified atom stereocenters. The van der Waals surface area contributed by atoms with E-state index in [-0.39, 0.29) is 49.1 Å². The van der Waals surface area contributed by atoms with Crippen molar-refractivity contribution in [1.82, 2.24) is 9.21 Å². The topological polar surface area (TPSA) is 101 Å². The first-order valence-corrected chi connectivity index (χ1v) is 10.8. The Kier molecular flexibility index (Phi) is 6.21. The molecular weight excluding hydrogens is 418 g/mol. The number of hydrogen-bond acceptors (Lipinski definition) is 5. The highest BCUT2D eigenvalue weighted by molar-refractivity contribution is 7.89. The molecule has 0 atom stereocenters. The van der Waals surface area contributed by atoms with Crippen molar-refractivity contribution in [3.8, 4) is 0 Å². The van der Waals surface area contributed by atoms with Crippen LogP contribution < -0.4 is 0 Å². The van der Waals surface area contributed by atoms with Crippen molar-refractivity contribution in [2.75, 3.05) is 26.2 Å². The van der Waals surface area contributed by atoms with Gasteiger partial charge in [-0.1, -0.05) is 35.9 Å². The Labute approximate surface area is 173 Å². The summed E-state index contributed by atoms with van der Waals surface area (Å²) in [6, 6.07) is 11.0. The maximum Gasteiger partial charge on any atom is 0.273 e. The molecule has 1 amide bonds. The number of carbonyl (C=O) groups excluding carboxylic acids is 1. The molecule has 1 aliphatic heterocycles. The molecule has 0 radical (unpaired) electrons. The summed E-state index contributed by atoms with van der Waals surface area (Å²) in [5.41, 5.74) is 0.879. The highest BCUT2D eigenvalue weighted by Gasteiger charge is 2.31. The van der Waals surface area contributed by atoms with Crippen LogP contribution in [0.2, 0.25) is 5.02 Å². The van der Waals surface area contributed by atoms with Crippen LogP contribution in [0.3, 0.4) is 0 Å². The number of benzene rings is 2. The second kappa shape index (κ2) is 8.48. The van der Waals surface area contributed by atoms with Gasteiger partial charge in [-0.3, -0.25) is 14.9 Å². The maximum absolute atomic E-state index is 12.9. The second-order valence-corrected chi connectivity index (χ2v) is 9.10. The van der Waals surface area contributed by atoms with Crippen molar-refractivity contribution in [1.29, 1.82) is 0 Å². The molecule has 154 valence electrons. The molecule has 1 aliphatic rings. The number of carbonyl (C=O) groups is 1. The van der Waals surface area contributed by atoms with Gasteiger partial charge in [0.25, 0.3) is 5.69 Å². The standard InChI is InChI=1S/C19H20ClN3O5S/c1-14-6-7-16(13-18(14)23(25)26)29(27,28)22-10-8-21(9-11-22)19(24)12-15-4-2-3-5-17(15)20/h2-7,13H,8-12H2,1H3. The van der Waals surface area contributed by atoms with E-state index in [0.717, 1.165) is 11.6 Å². The molecule has 0 aromatic heterocycles. The number of nitro groups is 1. The molecule has 1 fully saturated rings. The van der Waals surface area contributed by atoms with Gasteiger partial charge in [0, 0.05) is 42.8 Å². The zero-order chi connectivity index (χ0) is 21.2. The number of sulfonamides is 1. The zero-order valence-corrected chi connectivity index (χ0v) is 17.3. The molecule has 0 N–H and O–H groups in total. The van der Waals surface area contributed by atoms with Crippen LogP contribution in [0.15, 0.2) is 47.4 Å². The van der Waals surface area contributed by atoms with Gasteiger partial charge >= 0.3 is 0 Å². The first-order chi connectivity index (χ1) is 13.7. The van der Waals surface area contributed by atoms with E-state index >= 15 is 0 Å². The Morgan fingerprint density at radius 3 is 2.41 bits per heavy atom. The molecule has 0 saturated carbocycles. The summed E-state index contributed by atoms with van der Waals surface area (Å²) in [6.07, 6.45) is 0.149. The summed E-state index contributed by atoms with van der Waals surface area (Å²) in [4.78, 5) is 24.5. The predicted octanol–water partition coefficient (Wildman–Crippen LogP) is 2.63. The van der Waals surface area contributed by atoms with Crippen molar-refractivity contribution < 1.29 is 18.1 Å². The van der Waals surface area contributed by atoms with Crippen LogP contribution in [0.1, 0.15) is 11.1 Å². The van der Waals surface area contributed by atoms with E-state index in [1.54, 1.807) is 36.1 Å². The van der Waals surface area contributed by atoms with Crippen LogP contribution in [-0.2, 0) is 21.2 Å². The number of hydrogen-bond donors (Lipinski definition) is 0. The third-order valence-electron chi connectivity index (χ3n) is 4.91. The Hall–Kier alpha value is -2.49. The third kappa shape index (κ3) is 4.58. The normalized spacial score (nSPS) is 15.3. The van der Waals surface area contributed by atoms with Gasteiger partial charge in [-0.2, -0.15) is 4.31 Å². The lowest BCUT2D eigenvalue weighted by atomic mass is 10.1. The van der Waals surface area contributed by atoms with Crippen molar-refractivity contribution >= 4 is 33.2 Å². The average molecular weight is 438 g/mol. The number of aryl methyl sites for hydroxylation is 1. The molecule has 29 heavy (non-hydrogen) atoms. The van der Waals surface area contributed by atoms with Crippen LogP contribution in [0.25, 0.3) is 0 Å². The molecule has 0 bridgehead atoms. The maximum atomic E-state index is 12.9. The minimum atomic E-state index is -3.88. The Morgan fingerprint density at radius 2 is 1.79 bits per heavy atom. The number of halogens is 1. The number of amides is 1. The molecule has 0 aliphatic carbocycles. The molecule has 2 aromatic carbocycles. The van der Waals surface area contributed by atoms with E-state index in [1.807, 2.05) is 0 Å². The Morgan fingerprint density at radius 1 is 1.14 bits per heavy atom. The fraction of sp³-hybridized carbons (Fsp3) is 0.316. The van der Waals surface area contributed by atoms with Gasteiger partial charge in [0.15, 0.2) is 0 Å². The fourth-order valence-electron chi connectivity index (χ4n) is 3.19. The number of piperazine rings is 1.